The minimum atomic E-state index is 0.466. The molecule has 0 unspecified atom stereocenters. The summed E-state index contributed by atoms with van der Waals surface area (Å²) >= 11 is 0. The molecule has 0 bridgehead atoms. The minimum Gasteiger partial charge on any atom is -0.463 e. The molecule has 3 rings (SSSR count). The lowest BCUT2D eigenvalue weighted by atomic mass is 10.1. The number of aryl methyl sites for hydroxylation is 1. The molecular weight excluding hydrogens is 260 g/mol. The molecule has 1 heterocycles. The van der Waals surface area contributed by atoms with Crippen molar-refractivity contribution in [2.45, 2.75) is 19.3 Å². The average molecular weight is 278 g/mol. The van der Waals surface area contributed by atoms with Crippen molar-refractivity contribution in [1.29, 1.82) is 0 Å². The van der Waals surface area contributed by atoms with Gasteiger partial charge in [-0.15, -0.1) is 0 Å². The molecular formula is C18H18N2O. The van der Waals surface area contributed by atoms with Crippen LogP contribution in [0.2, 0.25) is 0 Å². The maximum atomic E-state index is 5.63. The topological polar surface area (TPSA) is 35.0 Å². The van der Waals surface area contributed by atoms with Gasteiger partial charge in [0, 0.05) is 11.6 Å². The van der Waals surface area contributed by atoms with Gasteiger partial charge in [0.15, 0.2) is 0 Å². The quantitative estimate of drug-likeness (QED) is 0.638. The second-order valence-electron chi connectivity index (χ2n) is 5.00. The maximum absolute atomic E-state index is 5.63. The highest BCUT2D eigenvalue weighted by Gasteiger charge is 2.00. The lowest BCUT2D eigenvalue weighted by Gasteiger charge is -2.05. The Hall–Kier alpha value is -2.42. The Morgan fingerprint density at radius 3 is 2.57 bits per heavy atom. The van der Waals surface area contributed by atoms with Crippen molar-refractivity contribution in [2.75, 3.05) is 6.61 Å². The molecule has 0 radical (unpaired) electrons. The van der Waals surface area contributed by atoms with Gasteiger partial charge in [-0.05, 0) is 30.9 Å². The normalized spacial score (nSPS) is 10.7. The van der Waals surface area contributed by atoms with E-state index in [4.69, 9.17) is 4.74 Å². The van der Waals surface area contributed by atoms with Crippen LogP contribution in [-0.4, -0.2) is 16.6 Å². The molecule has 2 aromatic carbocycles. The summed E-state index contributed by atoms with van der Waals surface area (Å²) in [5.74, 6) is 0. The van der Waals surface area contributed by atoms with Gasteiger partial charge in [-0.2, -0.15) is 4.98 Å². The van der Waals surface area contributed by atoms with Crippen LogP contribution in [0.4, 0.5) is 0 Å². The fourth-order valence-corrected chi connectivity index (χ4v) is 2.26. The SMILES string of the molecule is c1ccc(CCCCOc2ncc3ccccc3n2)cc1. The predicted octanol–water partition coefficient (Wildman–Crippen LogP) is 4.03. The third kappa shape index (κ3) is 3.78. The number of hydrogen-bond donors (Lipinski definition) is 0. The van der Waals surface area contributed by atoms with Crippen LogP contribution in [-0.2, 0) is 6.42 Å². The molecule has 3 nitrogen and oxygen atoms in total. The summed E-state index contributed by atoms with van der Waals surface area (Å²) in [6.07, 6.45) is 5.01. The van der Waals surface area contributed by atoms with Gasteiger partial charge in [0.05, 0.1) is 12.1 Å². The van der Waals surface area contributed by atoms with Gasteiger partial charge in [0.2, 0.25) is 0 Å². The van der Waals surface area contributed by atoms with E-state index in [1.54, 1.807) is 0 Å². The Morgan fingerprint density at radius 1 is 0.857 bits per heavy atom. The monoisotopic (exact) mass is 278 g/mol. The summed E-state index contributed by atoms with van der Waals surface area (Å²) in [5.41, 5.74) is 2.30. The van der Waals surface area contributed by atoms with Gasteiger partial charge >= 0.3 is 6.01 Å². The number of rotatable bonds is 6. The first kappa shape index (κ1) is 13.6. The highest BCUT2D eigenvalue weighted by atomic mass is 16.5. The van der Waals surface area contributed by atoms with Crippen LogP contribution < -0.4 is 4.74 Å². The first-order valence-electron chi connectivity index (χ1n) is 7.30. The third-order valence-electron chi connectivity index (χ3n) is 3.40. The minimum absolute atomic E-state index is 0.466. The summed E-state index contributed by atoms with van der Waals surface area (Å²) in [6, 6.07) is 18.9. The summed E-state index contributed by atoms with van der Waals surface area (Å²) in [7, 11) is 0. The van der Waals surface area contributed by atoms with Crippen LogP contribution in [0.1, 0.15) is 18.4 Å². The van der Waals surface area contributed by atoms with E-state index in [1.165, 1.54) is 5.56 Å². The van der Waals surface area contributed by atoms with E-state index in [2.05, 4.69) is 34.2 Å². The van der Waals surface area contributed by atoms with E-state index in [9.17, 15) is 0 Å². The number of aromatic nitrogens is 2. The van der Waals surface area contributed by atoms with Crippen LogP contribution in [0, 0.1) is 0 Å². The lowest BCUT2D eigenvalue weighted by molar-refractivity contribution is 0.284. The highest BCUT2D eigenvalue weighted by Crippen LogP contribution is 2.13. The zero-order valence-corrected chi connectivity index (χ0v) is 11.9. The summed E-state index contributed by atoms with van der Waals surface area (Å²) in [6.45, 7) is 0.658. The molecule has 0 amide bonds. The molecule has 0 saturated heterocycles. The smallest absolute Gasteiger partial charge is 0.316 e. The van der Waals surface area contributed by atoms with Crippen LogP contribution in [0.3, 0.4) is 0 Å². The molecule has 0 aliphatic heterocycles. The van der Waals surface area contributed by atoms with Crippen molar-refractivity contribution >= 4 is 10.9 Å². The third-order valence-corrected chi connectivity index (χ3v) is 3.40. The van der Waals surface area contributed by atoms with Crippen molar-refractivity contribution in [3.8, 4) is 6.01 Å². The zero-order chi connectivity index (χ0) is 14.3. The second-order valence-corrected chi connectivity index (χ2v) is 5.00. The summed E-state index contributed by atoms with van der Waals surface area (Å²) in [4.78, 5) is 8.63. The number of para-hydroxylation sites is 1. The van der Waals surface area contributed by atoms with Crippen LogP contribution in [0.15, 0.2) is 60.8 Å². The van der Waals surface area contributed by atoms with Gasteiger partial charge in [0.1, 0.15) is 0 Å². The van der Waals surface area contributed by atoms with Gasteiger partial charge < -0.3 is 4.74 Å². The molecule has 21 heavy (non-hydrogen) atoms. The molecule has 0 N–H and O–H groups in total. The molecule has 3 heteroatoms. The van der Waals surface area contributed by atoms with Gasteiger partial charge in [-0.1, -0.05) is 48.5 Å². The number of benzene rings is 2. The van der Waals surface area contributed by atoms with E-state index >= 15 is 0 Å². The second kappa shape index (κ2) is 6.84. The van der Waals surface area contributed by atoms with E-state index < -0.39 is 0 Å². The number of hydrogen-bond acceptors (Lipinski definition) is 3. The molecule has 0 atom stereocenters. The molecule has 106 valence electrons. The molecule has 0 aliphatic carbocycles. The largest absolute Gasteiger partial charge is 0.463 e. The average Bonchev–Trinajstić information content (AvgIpc) is 2.55. The van der Waals surface area contributed by atoms with Crippen molar-refractivity contribution < 1.29 is 4.74 Å². The number of nitrogens with zero attached hydrogens (tertiary/aromatic N) is 2. The zero-order valence-electron chi connectivity index (χ0n) is 11.9. The lowest BCUT2D eigenvalue weighted by Crippen LogP contribution is -2.01. The molecule has 0 aliphatic rings. The van der Waals surface area contributed by atoms with Crippen molar-refractivity contribution in [3.63, 3.8) is 0 Å². The van der Waals surface area contributed by atoms with E-state index in [-0.39, 0.29) is 0 Å². The van der Waals surface area contributed by atoms with Crippen LogP contribution >= 0.6 is 0 Å². The highest BCUT2D eigenvalue weighted by molar-refractivity contribution is 5.77. The Balaban J connectivity index is 1.46. The standard InChI is InChI=1S/C18H18N2O/c1-2-8-15(9-3-1)10-6-7-13-21-18-19-14-16-11-4-5-12-17(16)20-18/h1-5,8-9,11-12,14H,6-7,10,13H2. The van der Waals surface area contributed by atoms with Crippen LogP contribution in [0.25, 0.3) is 10.9 Å². The van der Waals surface area contributed by atoms with E-state index in [0.717, 1.165) is 30.2 Å². The van der Waals surface area contributed by atoms with Crippen molar-refractivity contribution in [3.05, 3.63) is 66.4 Å². The number of unbranched alkanes of at least 4 members (excludes halogenated alkanes) is 1. The van der Waals surface area contributed by atoms with Gasteiger partial charge in [0.25, 0.3) is 0 Å². The Bertz CT molecular complexity index is 698. The Morgan fingerprint density at radius 2 is 1.67 bits per heavy atom. The van der Waals surface area contributed by atoms with E-state index in [0.29, 0.717) is 12.6 Å². The first-order valence-corrected chi connectivity index (χ1v) is 7.30. The first-order chi connectivity index (χ1) is 10.4. The van der Waals surface area contributed by atoms with E-state index in [1.807, 2.05) is 36.5 Å². The Kier molecular flexibility index (Phi) is 4.42. The molecule has 3 aromatic rings. The van der Waals surface area contributed by atoms with Crippen molar-refractivity contribution in [1.82, 2.24) is 9.97 Å². The fraction of sp³-hybridized carbons (Fsp3) is 0.222. The number of fused-ring (bicyclic) bond motifs is 1. The summed E-state index contributed by atoms with van der Waals surface area (Å²) < 4.78 is 5.63. The molecule has 0 saturated carbocycles. The Labute approximate surface area is 124 Å². The summed E-state index contributed by atoms with van der Waals surface area (Å²) in [5, 5.41) is 1.04. The molecule has 1 aromatic heterocycles. The maximum Gasteiger partial charge on any atom is 0.316 e. The van der Waals surface area contributed by atoms with Crippen molar-refractivity contribution in [2.24, 2.45) is 0 Å². The van der Waals surface area contributed by atoms with Gasteiger partial charge in [-0.3, -0.25) is 0 Å². The van der Waals surface area contributed by atoms with Crippen LogP contribution in [0.5, 0.6) is 6.01 Å². The molecule has 0 fully saturated rings. The predicted molar refractivity (Wildman–Crippen MR) is 84.4 cm³/mol. The van der Waals surface area contributed by atoms with Gasteiger partial charge in [-0.25, -0.2) is 4.98 Å². The fourth-order valence-electron chi connectivity index (χ4n) is 2.26. The number of ether oxygens (including phenoxy) is 1. The molecule has 0 spiro atoms.